The highest BCUT2D eigenvalue weighted by Crippen LogP contribution is 2.26. The molecule has 1 amide bonds. The second kappa shape index (κ2) is 10.3. The summed E-state index contributed by atoms with van der Waals surface area (Å²) >= 11 is 0. The van der Waals surface area contributed by atoms with Crippen molar-refractivity contribution in [3.05, 3.63) is 18.1 Å². The normalized spacial score (nSPS) is 19.2. The van der Waals surface area contributed by atoms with Gasteiger partial charge >= 0.3 is 12.1 Å². The van der Waals surface area contributed by atoms with E-state index in [4.69, 9.17) is 9.47 Å². The molecule has 0 saturated heterocycles. The van der Waals surface area contributed by atoms with Gasteiger partial charge in [-0.1, -0.05) is 0 Å². The molecular formula is C20H31FN4O4. The number of nitrogens with zero attached hydrogens (tertiary/aromatic N) is 1. The molecule has 1 heterocycles. The Morgan fingerprint density at radius 2 is 1.86 bits per heavy atom. The zero-order valence-electron chi connectivity index (χ0n) is 17.5. The Morgan fingerprint density at radius 1 is 1.21 bits per heavy atom. The van der Waals surface area contributed by atoms with Crippen LogP contribution in [0.4, 0.5) is 20.7 Å². The average Bonchev–Trinajstić information content (AvgIpc) is 2.61. The van der Waals surface area contributed by atoms with Crippen molar-refractivity contribution in [2.45, 2.75) is 71.1 Å². The van der Waals surface area contributed by atoms with Gasteiger partial charge in [0.25, 0.3) is 0 Å². The number of carbonyl (C=O) groups excluding carboxylic acids is 2. The summed E-state index contributed by atoms with van der Waals surface area (Å²) in [4.78, 5) is 27.5. The number of aromatic nitrogens is 1. The number of nitrogens with one attached hydrogen (secondary N) is 3. The Hall–Kier alpha value is -2.58. The van der Waals surface area contributed by atoms with E-state index in [2.05, 4.69) is 20.9 Å². The van der Waals surface area contributed by atoms with Gasteiger partial charge in [-0.2, -0.15) is 0 Å². The van der Waals surface area contributed by atoms with Gasteiger partial charge in [-0.05, 0) is 53.4 Å². The Bertz CT molecular complexity index is 700. The third kappa shape index (κ3) is 8.13. The molecule has 0 aliphatic heterocycles. The van der Waals surface area contributed by atoms with Crippen LogP contribution in [0.3, 0.4) is 0 Å². The summed E-state index contributed by atoms with van der Waals surface area (Å²) in [5.41, 5.74) is -0.0296. The van der Waals surface area contributed by atoms with E-state index in [0.29, 0.717) is 18.1 Å². The third-order valence-corrected chi connectivity index (χ3v) is 4.37. The van der Waals surface area contributed by atoms with E-state index in [1.54, 1.807) is 6.92 Å². The smallest absolute Gasteiger partial charge is 0.407 e. The third-order valence-electron chi connectivity index (χ3n) is 4.37. The number of hydrogen-bond donors (Lipinski definition) is 3. The highest BCUT2D eigenvalue weighted by atomic mass is 19.1. The zero-order chi connectivity index (χ0) is 21.4. The summed E-state index contributed by atoms with van der Waals surface area (Å²) in [5, 5.41) is 9.08. The van der Waals surface area contributed by atoms with Crippen LogP contribution in [0, 0.1) is 5.82 Å². The average molecular weight is 410 g/mol. The molecule has 0 bridgehead atoms. The standard InChI is InChI=1S/C20H31FN4O4/c1-5-28-17(26)12-23-18-16(10-13(21)11-22-18)24-14-6-8-15(9-7-14)25-19(27)29-20(2,3)4/h10-11,14-15,24H,5-9,12H2,1-4H3,(H,22,23)(H,25,27). The maximum Gasteiger partial charge on any atom is 0.407 e. The maximum absolute atomic E-state index is 13.7. The molecule has 8 nitrogen and oxygen atoms in total. The zero-order valence-corrected chi connectivity index (χ0v) is 17.5. The predicted molar refractivity (Wildman–Crippen MR) is 108 cm³/mol. The highest BCUT2D eigenvalue weighted by Gasteiger charge is 2.25. The summed E-state index contributed by atoms with van der Waals surface area (Å²) in [6.45, 7) is 7.46. The Morgan fingerprint density at radius 3 is 2.48 bits per heavy atom. The number of halogens is 1. The fraction of sp³-hybridized carbons (Fsp3) is 0.650. The molecule has 2 rings (SSSR count). The number of rotatable bonds is 7. The van der Waals surface area contributed by atoms with E-state index in [0.717, 1.165) is 31.9 Å². The van der Waals surface area contributed by atoms with Gasteiger partial charge < -0.3 is 25.4 Å². The lowest BCUT2D eigenvalue weighted by Gasteiger charge is -2.31. The van der Waals surface area contributed by atoms with Crippen LogP contribution in [-0.4, -0.2) is 47.9 Å². The quantitative estimate of drug-likeness (QED) is 0.592. The van der Waals surface area contributed by atoms with Gasteiger partial charge in [0.05, 0.1) is 18.5 Å². The molecule has 0 unspecified atom stereocenters. The number of ether oxygens (including phenoxy) is 2. The minimum atomic E-state index is -0.528. The van der Waals surface area contributed by atoms with Crippen LogP contribution >= 0.6 is 0 Å². The predicted octanol–water partition coefficient (Wildman–Crippen LogP) is 3.44. The van der Waals surface area contributed by atoms with Gasteiger partial charge in [-0.15, -0.1) is 0 Å². The van der Waals surface area contributed by atoms with Crippen molar-refractivity contribution in [3.63, 3.8) is 0 Å². The summed E-state index contributed by atoms with van der Waals surface area (Å²) < 4.78 is 23.9. The monoisotopic (exact) mass is 410 g/mol. The number of hydrogen-bond acceptors (Lipinski definition) is 7. The van der Waals surface area contributed by atoms with E-state index >= 15 is 0 Å². The van der Waals surface area contributed by atoms with E-state index in [9.17, 15) is 14.0 Å². The summed E-state index contributed by atoms with van der Waals surface area (Å²) in [5.74, 6) is -0.471. The van der Waals surface area contributed by atoms with E-state index in [1.165, 1.54) is 6.07 Å². The van der Waals surface area contributed by atoms with Crippen LogP contribution in [0.5, 0.6) is 0 Å². The number of carbonyl (C=O) groups is 2. The number of esters is 1. The van der Waals surface area contributed by atoms with Crippen LogP contribution in [0.2, 0.25) is 0 Å². The first-order chi connectivity index (χ1) is 13.7. The second-order valence-electron chi connectivity index (χ2n) is 8.05. The molecule has 0 radical (unpaired) electrons. The van der Waals surface area contributed by atoms with Crippen LogP contribution in [0.15, 0.2) is 12.3 Å². The largest absolute Gasteiger partial charge is 0.465 e. The molecule has 0 aromatic carbocycles. The number of anilines is 2. The number of pyridine rings is 1. The van der Waals surface area contributed by atoms with Crippen molar-refractivity contribution >= 4 is 23.6 Å². The molecule has 1 aromatic rings. The number of alkyl carbamates (subject to hydrolysis) is 1. The van der Waals surface area contributed by atoms with Gasteiger partial charge in [0.1, 0.15) is 23.8 Å². The molecule has 3 N–H and O–H groups in total. The van der Waals surface area contributed by atoms with Crippen molar-refractivity contribution in [3.8, 4) is 0 Å². The van der Waals surface area contributed by atoms with E-state index in [1.807, 2.05) is 20.8 Å². The molecule has 162 valence electrons. The lowest BCUT2D eigenvalue weighted by atomic mass is 9.91. The molecule has 29 heavy (non-hydrogen) atoms. The molecule has 1 aliphatic carbocycles. The maximum atomic E-state index is 13.7. The fourth-order valence-electron chi connectivity index (χ4n) is 3.13. The van der Waals surface area contributed by atoms with Crippen LogP contribution in [0.1, 0.15) is 53.4 Å². The number of amides is 1. The van der Waals surface area contributed by atoms with Crippen LogP contribution in [0.25, 0.3) is 0 Å². The first-order valence-corrected chi connectivity index (χ1v) is 9.97. The van der Waals surface area contributed by atoms with Gasteiger partial charge in [-0.3, -0.25) is 4.79 Å². The molecular weight excluding hydrogens is 379 g/mol. The van der Waals surface area contributed by atoms with Gasteiger partial charge in [0.2, 0.25) is 0 Å². The van der Waals surface area contributed by atoms with Crippen molar-refractivity contribution in [2.75, 3.05) is 23.8 Å². The summed E-state index contributed by atoms with van der Waals surface area (Å²) in [6, 6.07) is 1.51. The molecule has 0 spiro atoms. The van der Waals surface area contributed by atoms with Crippen molar-refractivity contribution < 1.29 is 23.5 Å². The van der Waals surface area contributed by atoms with E-state index in [-0.39, 0.29) is 18.6 Å². The molecule has 9 heteroatoms. The Balaban J connectivity index is 1.87. The second-order valence-corrected chi connectivity index (χ2v) is 8.05. The summed E-state index contributed by atoms with van der Waals surface area (Å²) in [7, 11) is 0. The Labute approximate surface area is 170 Å². The molecule has 1 fully saturated rings. The lowest BCUT2D eigenvalue weighted by molar-refractivity contribution is -0.140. The topological polar surface area (TPSA) is 102 Å². The van der Waals surface area contributed by atoms with Crippen molar-refractivity contribution in [1.82, 2.24) is 10.3 Å². The molecule has 1 saturated carbocycles. The molecule has 1 aliphatic rings. The van der Waals surface area contributed by atoms with Crippen LogP contribution < -0.4 is 16.0 Å². The van der Waals surface area contributed by atoms with E-state index < -0.39 is 23.5 Å². The summed E-state index contributed by atoms with van der Waals surface area (Å²) in [6.07, 6.45) is 3.85. The molecule has 1 aromatic heterocycles. The van der Waals surface area contributed by atoms with Crippen molar-refractivity contribution in [2.24, 2.45) is 0 Å². The minimum Gasteiger partial charge on any atom is -0.465 e. The van der Waals surface area contributed by atoms with Crippen molar-refractivity contribution in [1.29, 1.82) is 0 Å². The SMILES string of the molecule is CCOC(=O)CNc1ncc(F)cc1NC1CCC(NC(=O)OC(C)(C)C)CC1. The lowest BCUT2D eigenvalue weighted by Crippen LogP contribution is -2.42. The minimum absolute atomic E-state index is 0.0479. The van der Waals surface area contributed by atoms with Crippen LogP contribution in [-0.2, 0) is 14.3 Å². The molecule has 0 atom stereocenters. The Kier molecular flexibility index (Phi) is 8.04. The first kappa shape index (κ1) is 22.7. The fourth-order valence-corrected chi connectivity index (χ4v) is 3.13. The first-order valence-electron chi connectivity index (χ1n) is 9.97. The highest BCUT2D eigenvalue weighted by molar-refractivity contribution is 5.76. The van der Waals surface area contributed by atoms with Gasteiger partial charge in [0.15, 0.2) is 0 Å². The van der Waals surface area contributed by atoms with Gasteiger partial charge in [-0.25, -0.2) is 14.2 Å². The van der Waals surface area contributed by atoms with Gasteiger partial charge in [0, 0.05) is 18.2 Å².